The Hall–Kier alpha value is -3.41. The Labute approximate surface area is 165 Å². The molecule has 1 aromatic heterocycles. The number of carbonyl (C=O) groups is 1. The third kappa shape index (κ3) is 5.07. The number of anilines is 3. The van der Waals surface area contributed by atoms with Crippen LogP contribution in [0.4, 0.5) is 17.3 Å². The molecule has 0 atom stereocenters. The molecular weight excluding hydrogens is 352 g/mol. The van der Waals surface area contributed by atoms with Crippen molar-refractivity contribution in [2.45, 2.75) is 33.3 Å². The van der Waals surface area contributed by atoms with Gasteiger partial charge in [-0.1, -0.05) is 31.2 Å². The zero-order chi connectivity index (χ0) is 19.9. The molecule has 0 spiro atoms. The maximum Gasteiger partial charge on any atom is 0.274 e. The number of hydrogen-bond acceptors (Lipinski definition) is 5. The number of carbonyl (C=O) groups excluding carboxylic acids is 1. The van der Waals surface area contributed by atoms with Gasteiger partial charge in [0, 0.05) is 11.9 Å². The lowest BCUT2D eigenvalue weighted by molar-refractivity contribution is 0.102. The van der Waals surface area contributed by atoms with Gasteiger partial charge in [-0.05, 0) is 56.2 Å². The van der Waals surface area contributed by atoms with E-state index in [0.717, 1.165) is 12.1 Å². The minimum atomic E-state index is -0.327. The van der Waals surface area contributed by atoms with Crippen molar-refractivity contribution in [1.29, 1.82) is 0 Å². The molecule has 144 valence electrons. The fourth-order valence-electron chi connectivity index (χ4n) is 2.61. The molecule has 3 aromatic rings. The van der Waals surface area contributed by atoms with Crippen LogP contribution in [-0.4, -0.2) is 22.0 Å². The summed E-state index contributed by atoms with van der Waals surface area (Å²) in [5.74, 6) is 0.657. The Kier molecular flexibility index (Phi) is 6.22. The zero-order valence-electron chi connectivity index (χ0n) is 16.3. The third-order valence-electron chi connectivity index (χ3n) is 4.00. The molecule has 0 unspecified atom stereocenters. The van der Waals surface area contributed by atoms with Gasteiger partial charge < -0.3 is 15.4 Å². The summed E-state index contributed by atoms with van der Waals surface area (Å²) in [5.41, 5.74) is 2.99. The van der Waals surface area contributed by atoms with Crippen LogP contribution in [0.25, 0.3) is 0 Å². The van der Waals surface area contributed by atoms with Gasteiger partial charge >= 0.3 is 0 Å². The number of para-hydroxylation sites is 2. The first-order valence-electron chi connectivity index (χ1n) is 9.31. The van der Waals surface area contributed by atoms with Crippen LogP contribution in [0.15, 0.2) is 60.8 Å². The normalized spacial score (nSPS) is 10.6. The van der Waals surface area contributed by atoms with E-state index in [0.29, 0.717) is 17.4 Å². The van der Waals surface area contributed by atoms with E-state index in [1.165, 1.54) is 5.56 Å². The van der Waals surface area contributed by atoms with Gasteiger partial charge in [0.25, 0.3) is 5.91 Å². The van der Waals surface area contributed by atoms with Crippen LogP contribution < -0.4 is 15.4 Å². The van der Waals surface area contributed by atoms with Crippen LogP contribution in [0.2, 0.25) is 0 Å². The first-order valence-corrected chi connectivity index (χ1v) is 9.31. The highest BCUT2D eigenvalue weighted by Gasteiger charge is 2.13. The molecule has 0 aliphatic carbocycles. The van der Waals surface area contributed by atoms with Crippen LogP contribution in [0, 0.1) is 0 Å². The minimum absolute atomic E-state index is 0.00648. The van der Waals surface area contributed by atoms with E-state index in [2.05, 4.69) is 27.5 Å². The molecule has 1 heterocycles. The molecule has 3 rings (SSSR count). The molecule has 1 amide bonds. The summed E-state index contributed by atoms with van der Waals surface area (Å²) in [5, 5.41) is 5.98. The predicted octanol–water partition coefficient (Wildman–Crippen LogP) is 4.82. The van der Waals surface area contributed by atoms with Crippen LogP contribution in [-0.2, 0) is 6.42 Å². The number of nitrogens with zero attached hydrogens (tertiary/aromatic N) is 2. The SMILES string of the molecule is CCc1ccc(Nc2nccc(C(=O)Nc3ccccc3OC(C)C)n2)cc1. The number of rotatable bonds is 7. The Morgan fingerprint density at radius 2 is 1.82 bits per heavy atom. The molecule has 0 saturated carbocycles. The van der Waals surface area contributed by atoms with Crippen molar-refractivity contribution >= 4 is 23.2 Å². The number of amides is 1. The van der Waals surface area contributed by atoms with Crippen molar-refractivity contribution in [3.8, 4) is 5.75 Å². The highest BCUT2D eigenvalue weighted by atomic mass is 16.5. The van der Waals surface area contributed by atoms with Crippen LogP contribution >= 0.6 is 0 Å². The quantitative estimate of drug-likeness (QED) is 0.618. The topological polar surface area (TPSA) is 76.1 Å². The van der Waals surface area contributed by atoms with Gasteiger partial charge in [-0.3, -0.25) is 4.79 Å². The lowest BCUT2D eigenvalue weighted by Gasteiger charge is -2.14. The average molecular weight is 376 g/mol. The van der Waals surface area contributed by atoms with E-state index in [4.69, 9.17) is 4.74 Å². The number of ether oxygens (including phenoxy) is 1. The predicted molar refractivity (Wildman–Crippen MR) is 111 cm³/mol. The van der Waals surface area contributed by atoms with Crippen molar-refractivity contribution in [3.05, 3.63) is 72.1 Å². The lowest BCUT2D eigenvalue weighted by atomic mass is 10.1. The number of aromatic nitrogens is 2. The molecule has 0 bridgehead atoms. The second-order valence-electron chi connectivity index (χ2n) is 6.56. The minimum Gasteiger partial charge on any atom is -0.489 e. The van der Waals surface area contributed by atoms with E-state index in [1.54, 1.807) is 18.3 Å². The standard InChI is InChI=1S/C22H24N4O2/c1-4-16-9-11-17(12-10-16)24-22-23-14-13-19(26-22)21(27)25-18-7-5-6-8-20(18)28-15(2)3/h5-15H,4H2,1-3H3,(H,25,27)(H,23,24,26). The van der Waals surface area contributed by atoms with Gasteiger partial charge in [-0.2, -0.15) is 0 Å². The Morgan fingerprint density at radius 3 is 2.54 bits per heavy atom. The fraction of sp³-hybridized carbons (Fsp3) is 0.227. The monoisotopic (exact) mass is 376 g/mol. The van der Waals surface area contributed by atoms with E-state index in [1.807, 2.05) is 56.3 Å². The highest BCUT2D eigenvalue weighted by molar-refractivity contribution is 6.03. The Balaban J connectivity index is 1.73. The number of hydrogen-bond donors (Lipinski definition) is 2. The molecule has 0 saturated heterocycles. The molecule has 28 heavy (non-hydrogen) atoms. The molecule has 0 aliphatic heterocycles. The van der Waals surface area contributed by atoms with Gasteiger partial charge in [-0.25, -0.2) is 9.97 Å². The van der Waals surface area contributed by atoms with Crippen molar-refractivity contribution in [2.24, 2.45) is 0 Å². The molecule has 0 radical (unpaired) electrons. The summed E-state index contributed by atoms with van der Waals surface area (Å²) in [6.07, 6.45) is 2.54. The first-order chi connectivity index (χ1) is 13.5. The second kappa shape index (κ2) is 8.99. The molecule has 6 nitrogen and oxygen atoms in total. The number of aryl methyl sites for hydroxylation is 1. The maximum absolute atomic E-state index is 12.7. The Bertz CT molecular complexity index is 939. The molecule has 2 aromatic carbocycles. The molecule has 6 heteroatoms. The number of nitrogens with one attached hydrogen (secondary N) is 2. The highest BCUT2D eigenvalue weighted by Crippen LogP contribution is 2.25. The van der Waals surface area contributed by atoms with Gasteiger partial charge in [0.15, 0.2) is 0 Å². The molecule has 2 N–H and O–H groups in total. The smallest absolute Gasteiger partial charge is 0.274 e. The summed E-state index contributed by atoms with van der Waals surface area (Å²) in [4.78, 5) is 21.2. The summed E-state index contributed by atoms with van der Waals surface area (Å²) in [6.45, 7) is 5.99. The third-order valence-corrected chi connectivity index (χ3v) is 4.00. The average Bonchev–Trinajstić information content (AvgIpc) is 2.70. The maximum atomic E-state index is 12.7. The van der Waals surface area contributed by atoms with Crippen molar-refractivity contribution < 1.29 is 9.53 Å². The fourth-order valence-corrected chi connectivity index (χ4v) is 2.61. The van der Waals surface area contributed by atoms with Gasteiger partial charge in [0.1, 0.15) is 11.4 Å². The van der Waals surface area contributed by atoms with E-state index < -0.39 is 0 Å². The van der Waals surface area contributed by atoms with Crippen LogP contribution in [0.5, 0.6) is 5.75 Å². The first kappa shape index (κ1) is 19.4. The summed E-state index contributed by atoms with van der Waals surface area (Å²) in [7, 11) is 0. The molecule has 0 fully saturated rings. The zero-order valence-corrected chi connectivity index (χ0v) is 16.3. The second-order valence-corrected chi connectivity index (χ2v) is 6.56. The summed E-state index contributed by atoms with van der Waals surface area (Å²) >= 11 is 0. The Morgan fingerprint density at radius 1 is 1.07 bits per heavy atom. The van der Waals surface area contributed by atoms with Crippen molar-refractivity contribution in [3.63, 3.8) is 0 Å². The van der Waals surface area contributed by atoms with Crippen LogP contribution in [0.3, 0.4) is 0 Å². The largest absolute Gasteiger partial charge is 0.489 e. The lowest BCUT2D eigenvalue weighted by Crippen LogP contribution is -2.16. The van der Waals surface area contributed by atoms with Crippen molar-refractivity contribution in [2.75, 3.05) is 10.6 Å². The summed E-state index contributed by atoms with van der Waals surface area (Å²) < 4.78 is 5.74. The van der Waals surface area contributed by atoms with E-state index in [-0.39, 0.29) is 17.7 Å². The van der Waals surface area contributed by atoms with Crippen molar-refractivity contribution in [1.82, 2.24) is 9.97 Å². The van der Waals surface area contributed by atoms with E-state index >= 15 is 0 Å². The van der Waals surface area contributed by atoms with Gasteiger partial charge in [0.05, 0.1) is 11.8 Å². The van der Waals surface area contributed by atoms with Crippen LogP contribution in [0.1, 0.15) is 36.8 Å². The molecular formula is C22H24N4O2. The number of benzene rings is 2. The van der Waals surface area contributed by atoms with E-state index in [9.17, 15) is 4.79 Å². The summed E-state index contributed by atoms with van der Waals surface area (Å²) in [6, 6.07) is 16.9. The van der Waals surface area contributed by atoms with Gasteiger partial charge in [0.2, 0.25) is 5.95 Å². The van der Waals surface area contributed by atoms with Gasteiger partial charge in [-0.15, -0.1) is 0 Å². The molecule has 0 aliphatic rings.